The topological polar surface area (TPSA) is 70.2 Å². The molecule has 1 atom stereocenters. The van der Waals surface area contributed by atoms with E-state index in [1.54, 1.807) is 43.4 Å². The van der Waals surface area contributed by atoms with Crippen LogP contribution < -0.4 is 16.0 Å². The summed E-state index contributed by atoms with van der Waals surface area (Å²) in [5.41, 5.74) is 1.96. The fourth-order valence-electron chi connectivity index (χ4n) is 2.70. The van der Waals surface area contributed by atoms with Crippen LogP contribution in [0.5, 0.6) is 0 Å². The van der Waals surface area contributed by atoms with Gasteiger partial charge in [0.2, 0.25) is 5.91 Å². The Morgan fingerprint density at radius 1 is 1.08 bits per heavy atom. The molecule has 0 fully saturated rings. The molecule has 2 rings (SSSR count). The van der Waals surface area contributed by atoms with Crippen LogP contribution in [0.3, 0.4) is 0 Å². The first-order valence-electron chi connectivity index (χ1n) is 8.51. The molecule has 0 radical (unpaired) electrons. The second-order valence-corrected chi connectivity index (χ2v) is 6.36. The van der Waals surface area contributed by atoms with E-state index in [0.717, 1.165) is 5.56 Å². The number of carbonyl (C=O) groups is 2. The zero-order chi connectivity index (χ0) is 19.1. The summed E-state index contributed by atoms with van der Waals surface area (Å²) in [7, 11) is 1.55. The molecular formula is C20H24FN3O2. The fourth-order valence-corrected chi connectivity index (χ4v) is 2.70. The SMILES string of the molecule is CNC(=O)c1cccc(NC(=O)CN[C@@H](c2ccc(F)cc2)C(C)C)c1. The molecule has 3 N–H and O–H groups in total. The molecule has 2 aromatic rings. The standard InChI is InChI=1S/C20H24FN3O2/c1-13(2)19(14-7-9-16(21)10-8-14)23-12-18(25)24-17-6-4-5-15(11-17)20(26)22-3/h4-11,13,19,23H,12H2,1-3H3,(H,22,26)(H,24,25)/t19-/m1/s1. The quantitative estimate of drug-likeness (QED) is 0.713. The fraction of sp³-hybridized carbons (Fsp3) is 0.300. The summed E-state index contributed by atoms with van der Waals surface area (Å²) in [6, 6.07) is 12.9. The maximum absolute atomic E-state index is 13.1. The lowest BCUT2D eigenvalue weighted by molar-refractivity contribution is -0.115. The van der Waals surface area contributed by atoms with Crippen molar-refractivity contribution in [1.29, 1.82) is 0 Å². The van der Waals surface area contributed by atoms with E-state index >= 15 is 0 Å². The Morgan fingerprint density at radius 2 is 1.77 bits per heavy atom. The van der Waals surface area contributed by atoms with Gasteiger partial charge in [0.15, 0.2) is 0 Å². The van der Waals surface area contributed by atoms with E-state index in [1.807, 2.05) is 13.8 Å². The lowest BCUT2D eigenvalue weighted by atomic mass is 9.96. The molecule has 0 unspecified atom stereocenters. The molecule has 0 bridgehead atoms. The average Bonchev–Trinajstić information content (AvgIpc) is 2.62. The highest BCUT2D eigenvalue weighted by molar-refractivity contribution is 5.97. The number of halogens is 1. The zero-order valence-corrected chi connectivity index (χ0v) is 15.2. The highest BCUT2D eigenvalue weighted by Crippen LogP contribution is 2.21. The molecule has 0 aliphatic rings. The van der Waals surface area contributed by atoms with E-state index in [-0.39, 0.29) is 36.1 Å². The van der Waals surface area contributed by atoms with Crippen LogP contribution in [0.2, 0.25) is 0 Å². The number of benzene rings is 2. The van der Waals surface area contributed by atoms with E-state index in [0.29, 0.717) is 11.3 Å². The van der Waals surface area contributed by atoms with Gasteiger partial charge in [-0.1, -0.05) is 32.0 Å². The van der Waals surface area contributed by atoms with E-state index in [2.05, 4.69) is 16.0 Å². The molecule has 138 valence electrons. The van der Waals surface area contributed by atoms with Crippen LogP contribution in [0.1, 0.15) is 35.8 Å². The van der Waals surface area contributed by atoms with Crippen LogP contribution in [-0.4, -0.2) is 25.4 Å². The van der Waals surface area contributed by atoms with Crippen molar-refractivity contribution in [1.82, 2.24) is 10.6 Å². The third-order valence-corrected chi connectivity index (χ3v) is 4.01. The molecule has 0 spiro atoms. The second-order valence-electron chi connectivity index (χ2n) is 6.36. The number of hydrogen-bond acceptors (Lipinski definition) is 3. The van der Waals surface area contributed by atoms with Gasteiger partial charge in [0.25, 0.3) is 5.91 Å². The summed E-state index contributed by atoms with van der Waals surface area (Å²) in [6.45, 7) is 4.17. The number of amides is 2. The molecule has 0 aliphatic carbocycles. The molecule has 0 saturated heterocycles. The maximum Gasteiger partial charge on any atom is 0.251 e. The van der Waals surface area contributed by atoms with E-state index < -0.39 is 0 Å². The van der Waals surface area contributed by atoms with Crippen molar-refractivity contribution < 1.29 is 14.0 Å². The third kappa shape index (κ3) is 5.39. The van der Waals surface area contributed by atoms with E-state index in [1.165, 1.54) is 12.1 Å². The van der Waals surface area contributed by atoms with Crippen LogP contribution in [0.25, 0.3) is 0 Å². The smallest absolute Gasteiger partial charge is 0.251 e. The number of carbonyl (C=O) groups excluding carboxylic acids is 2. The highest BCUT2D eigenvalue weighted by atomic mass is 19.1. The minimum Gasteiger partial charge on any atom is -0.355 e. The van der Waals surface area contributed by atoms with Gasteiger partial charge < -0.3 is 16.0 Å². The Hall–Kier alpha value is -2.73. The average molecular weight is 357 g/mol. The maximum atomic E-state index is 13.1. The minimum atomic E-state index is -0.287. The normalized spacial score (nSPS) is 11.9. The first-order chi connectivity index (χ1) is 12.4. The van der Waals surface area contributed by atoms with Crippen LogP contribution in [-0.2, 0) is 4.79 Å². The molecular weight excluding hydrogens is 333 g/mol. The second kappa shape index (κ2) is 9.10. The molecule has 0 aromatic heterocycles. The Bertz CT molecular complexity index is 760. The summed E-state index contributed by atoms with van der Waals surface area (Å²) in [4.78, 5) is 23.9. The van der Waals surface area contributed by atoms with Crippen molar-refractivity contribution in [2.45, 2.75) is 19.9 Å². The predicted octanol–water partition coefficient (Wildman–Crippen LogP) is 3.11. The Morgan fingerprint density at radius 3 is 2.38 bits per heavy atom. The summed E-state index contributed by atoms with van der Waals surface area (Å²) in [5.74, 6) is -0.489. The lowest BCUT2D eigenvalue weighted by Gasteiger charge is -2.23. The number of hydrogen-bond donors (Lipinski definition) is 3. The molecule has 26 heavy (non-hydrogen) atoms. The van der Waals surface area contributed by atoms with Crippen LogP contribution >= 0.6 is 0 Å². The van der Waals surface area contributed by atoms with Gasteiger partial charge in [-0.25, -0.2) is 4.39 Å². The van der Waals surface area contributed by atoms with Crippen molar-refractivity contribution in [2.24, 2.45) is 5.92 Å². The zero-order valence-electron chi connectivity index (χ0n) is 15.2. The van der Waals surface area contributed by atoms with Gasteiger partial charge in [0, 0.05) is 24.3 Å². The van der Waals surface area contributed by atoms with Gasteiger partial charge in [-0.15, -0.1) is 0 Å². The van der Waals surface area contributed by atoms with Gasteiger partial charge in [0.1, 0.15) is 5.82 Å². The van der Waals surface area contributed by atoms with Crippen LogP contribution in [0.4, 0.5) is 10.1 Å². The molecule has 0 heterocycles. The highest BCUT2D eigenvalue weighted by Gasteiger charge is 2.17. The molecule has 0 saturated carbocycles. The molecule has 5 nitrogen and oxygen atoms in total. The monoisotopic (exact) mass is 357 g/mol. The predicted molar refractivity (Wildman–Crippen MR) is 100 cm³/mol. The lowest BCUT2D eigenvalue weighted by Crippen LogP contribution is -2.33. The Balaban J connectivity index is 1.98. The van der Waals surface area contributed by atoms with Crippen molar-refractivity contribution in [3.8, 4) is 0 Å². The first-order valence-corrected chi connectivity index (χ1v) is 8.51. The van der Waals surface area contributed by atoms with Gasteiger partial charge in [0.05, 0.1) is 6.54 Å². The Labute approximate surface area is 153 Å². The molecule has 6 heteroatoms. The largest absolute Gasteiger partial charge is 0.355 e. The summed E-state index contributed by atoms with van der Waals surface area (Å²) in [6.07, 6.45) is 0. The van der Waals surface area contributed by atoms with Crippen LogP contribution in [0.15, 0.2) is 48.5 Å². The van der Waals surface area contributed by atoms with E-state index in [9.17, 15) is 14.0 Å². The number of nitrogens with one attached hydrogen (secondary N) is 3. The third-order valence-electron chi connectivity index (χ3n) is 4.01. The van der Waals surface area contributed by atoms with Gasteiger partial charge in [-0.2, -0.15) is 0 Å². The molecule has 0 aliphatic heterocycles. The van der Waals surface area contributed by atoms with Gasteiger partial charge in [-0.05, 0) is 41.8 Å². The van der Waals surface area contributed by atoms with Crippen molar-refractivity contribution >= 4 is 17.5 Å². The van der Waals surface area contributed by atoms with Crippen molar-refractivity contribution in [3.05, 3.63) is 65.5 Å². The van der Waals surface area contributed by atoms with E-state index in [4.69, 9.17) is 0 Å². The van der Waals surface area contributed by atoms with Crippen molar-refractivity contribution in [2.75, 3.05) is 18.9 Å². The molecule has 2 aromatic carbocycles. The van der Waals surface area contributed by atoms with Crippen LogP contribution in [0, 0.1) is 11.7 Å². The first kappa shape index (κ1) is 19.6. The summed E-state index contributed by atoms with van der Waals surface area (Å²) < 4.78 is 13.1. The Kier molecular flexibility index (Phi) is 6.86. The van der Waals surface area contributed by atoms with Gasteiger partial charge >= 0.3 is 0 Å². The minimum absolute atomic E-state index is 0.0708. The van der Waals surface area contributed by atoms with Gasteiger partial charge in [-0.3, -0.25) is 9.59 Å². The summed E-state index contributed by atoms with van der Waals surface area (Å²) in [5, 5.41) is 8.53. The number of rotatable bonds is 7. The summed E-state index contributed by atoms with van der Waals surface area (Å²) >= 11 is 0. The molecule has 2 amide bonds. The van der Waals surface area contributed by atoms with Crippen molar-refractivity contribution in [3.63, 3.8) is 0 Å². The number of anilines is 1.